The number of hydrogen-bond acceptors (Lipinski definition) is 2. The van der Waals surface area contributed by atoms with Crippen LogP contribution in [-0.2, 0) is 13.2 Å². The number of nitrogens with zero attached hydrogens (tertiary/aromatic N) is 2. The van der Waals surface area contributed by atoms with Crippen molar-refractivity contribution in [3.8, 4) is 22.4 Å². The van der Waals surface area contributed by atoms with Crippen LogP contribution >= 0.6 is 11.6 Å². The molecule has 0 spiro atoms. The maximum Gasteiger partial charge on any atom is 0.435 e. The van der Waals surface area contributed by atoms with Gasteiger partial charge in [-0.05, 0) is 11.6 Å². The largest absolute Gasteiger partial charge is 0.435 e. The van der Waals surface area contributed by atoms with Crippen molar-refractivity contribution in [1.29, 1.82) is 0 Å². The molecule has 0 saturated carbocycles. The van der Waals surface area contributed by atoms with E-state index in [1.807, 2.05) is 0 Å². The van der Waals surface area contributed by atoms with Gasteiger partial charge in [0.2, 0.25) is 0 Å². The lowest BCUT2D eigenvalue weighted by Gasteiger charge is -2.13. The van der Waals surface area contributed by atoms with Crippen LogP contribution in [-0.4, -0.2) is 15.7 Å². The van der Waals surface area contributed by atoms with E-state index >= 15 is 0 Å². The van der Waals surface area contributed by atoms with E-state index < -0.39 is 23.3 Å². The Labute approximate surface area is 152 Å². The van der Waals surface area contributed by atoms with Gasteiger partial charge in [0.25, 0.3) is 5.91 Å². The van der Waals surface area contributed by atoms with Crippen molar-refractivity contribution >= 4 is 17.5 Å². The van der Waals surface area contributed by atoms with Gasteiger partial charge in [-0.25, -0.2) is 0 Å². The lowest BCUT2D eigenvalue weighted by molar-refractivity contribution is -0.141. The molecule has 3 rings (SSSR count). The number of rotatable bonds is 3. The molecule has 3 aromatic rings. The second kappa shape index (κ2) is 6.49. The molecule has 0 aliphatic rings. The monoisotopic (exact) mass is 379 g/mol. The van der Waals surface area contributed by atoms with Crippen LogP contribution in [0.4, 0.5) is 13.2 Å². The van der Waals surface area contributed by atoms with E-state index in [2.05, 4.69) is 5.10 Å². The summed E-state index contributed by atoms with van der Waals surface area (Å²) in [5, 5.41) is 3.92. The van der Waals surface area contributed by atoms with Gasteiger partial charge in [0, 0.05) is 23.2 Å². The van der Waals surface area contributed by atoms with Crippen molar-refractivity contribution in [3.05, 3.63) is 64.8 Å². The van der Waals surface area contributed by atoms with Crippen LogP contribution in [0.15, 0.2) is 48.5 Å². The molecule has 0 aliphatic heterocycles. The highest BCUT2D eigenvalue weighted by Gasteiger charge is 2.41. The Morgan fingerprint density at radius 1 is 1.04 bits per heavy atom. The second-order valence-corrected chi connectivity index (χ2v) is 5.99. The molecule has 2 N–H and O–H groups in total. The van der Waals surface area contributed by atoms with Crippen LogP contribution in [0.3, 0.4) is 0 Å². The lowest BCUT2D eigenvalue weighted by Crippen LogP contribution is -2.18. The minimum Gasteiger partial charge on any atom is -0.365 e. The summed E-state index contributed by atoms with van der Waals surface area (Å²) in [5.41, 5.74) is 4.84. The first-order chi connectivity index (χ1) is 12.2. The summed E-state index contributed by atoms with van der Waals surface area (Å²) in [7, 11) is 1.33. The average Bonchev–Trinajstić information content (AvgIpc) is 2.93. The molecule has 134 valence electrons. The number of nitrogens with two attached hydrogens (primary N) is 1. The highest BCUT2D eigenvalue weighted by Crippen LogP contribution is 2.40. The Morgan fingerprint density at radius 2 is 1.58 bits per heavy atom. The van der Waals surface area contributed by atoms with Gasteiger partial charge in [0.15, 0.2) is 5.69 Å². The molecule has 0 atom stereocenters. The van der Waals surface area contributed by atoms with E-state index in [-0.39, 0.29) is 5.69 Å². The van der Waals surface area contributed by atoms with Gasteiger partial charge in [-0.1, -0.05) is 54.1 Å². The lowest BCUT2D eigenvalue weighted by atomic mass is 9.95. The van der Waals surface area contributed by atoms with E-state index in [9.17, 15) is 18.0 Å². The summed E-state index contributed by atoms with van der Waals surface area (Å²) in [6, 6.07) is 13.6. The van der Waals surface area contributed by atoms with Gasteiger partial charge in [0.1, 0.15) is 0 Å². The maximum atomic E-state index is 13.3. The zero-order chi connectivity index (χ0) is 19.1. The summed E-state index contributed by atoms with van der Waals surface area (Å²) in [6.45, 7) is 0. The number of primary amides is 1. The molecule has 0 fully saturated rings. The number of amides is 1. The Hall–Kier alpha value is -2.80. The molecule has 2 aromatic carbocycles. The van der Waals surface area contributed by atoms with Gasteiger partial charge >= 0.3 is 6.18 Å². The van der Waals surface area contributed by atoms with Crippen LogP contribution in [0.25, 0.3) is 22.4 Å². The van der Waals surface area contributed by atoms with Gasteiger partial charge in [-0.2, -0.15) is 18.3 Å². The fourth-order valence-electron chi connectivity index (χ4n) is 2.87. The SMILES string of the molecule is Cn1nc(C(F)(F)F)c(C(N)=O)c1-c1ccccc1-c1ccccc1Cl. The first-order valence-electron chi connectivity index (χ1n) is 7.50. The quantitative estimate of drug-likeness (QED) is 0.727. The molecular weight excluding hydrogens is 367 g/mol. The van der Waals surface area contributed by atoms with Gasteiger partial charge in [-0.3, -0.25) is 9.48 Å². The zero-order valence-corrected chi connectivity index (χ0v) is 14.3. The summed E-state index contributed by atoms with van der Waals surface area (Å²) in [6.07, 6.45) is -4.81. The van der Waals surface area contributed by atoms with Crippen molar-refractivity contribution in [2.75, 3.05) is 0 Å². The average molecular weight is 380 g/mol. The predicted octanol–water partition coefficient (Wildman–Crippen LogP) is 4.53. The molecule has 0 radical (unpaired) electrons. The predicted molar refractivity (Wildman–Crippen MR) is 92.6 cm³/mol. The van der Waals surface area contributed by atoms with Crippen LogP contribution in [0, 0.1) is 0 Å². The fourth-order valence-corrected chi connectivity index (χ4v) is 3.11. The van der Waals surface area contributed by atoms with Crippen LogP contribution in [0.1, 0.15) is 16.1 Å². The standard InChI is InChI=1S/C18H13ClF3N3O/c1-25-15(14(17(23)26)16(24-25)18(20,21)22)12-8-3-2-6-10(12)11-7-4-5-9-13(11)19/h2-9H,1H3,(H2,23,26). The van der Waals surface area contributed by atoms with E-state index in [1.54, 1.807) is 48.5 Å². The van der Waals surface area contributed by atoms with Crippen LogP contribution in [0.2, 0.25) is 5.02 Å². The minimum atomic E-state index is -4.81. The number of halogens is 4. The van der Waals surface area contributed by atoms with Gasteiger partial charge in [-0.15, -0.1) is 0 Å². The highest BCUT2D eigenvalue weighted by atomic mass is 35.5. The molecule has 0 unspecified atom stereocenters. The molecule has 0 bridgehead atoms. The molecule has 0 aliphatic carbocycles. The summed E-state index contributed by atoms with van der Waals surface area (Å²) in [4.78, 5) is 11.8. The molecular formula is C18H13ClF3N3O. The van der Waals surface area contributed by atoms with E-state index in [0.717, 1.165) is 4.68 Å². The summed E-state index contributed by atoms with van der Waals surface area (Å²) >= 11 is 6.24. The molecule has 1 amide bonds. The fraction of sp³-hybridized carbons (Fsp3) is 0.111. The molecule has 0 saturated heterocycles. The zero-order valence-electron chi connectivity index (χ0n) is 13.5. The summed E-state index contributed by atoms with van der Waals surface area (Å²) in [5.74, 6) is -1.20. The third kappa shape index (κ3) is 3.06. The van der Waals surface area contributed by atoms with Crippen molar-refractivity contribution < 1.29 is 18.0 Å². The first-order valence-corrected chi connectivity index (χ1v) is 7.88. The number of hydrogen-bond donors (Lipinski definition) is 1. The minimum absolute atomic E-state index is 0.0136. The van der Waals surface area contributed by atoms with Crippen molar-refractivity contribution in [2.24, 2.45) is 12.8 Å². The normalized spacial score (nSPS) is 11.6. The van der Waals surface area contributed by atoms with Crippen molar-refractivity contribution in [3.63, 3.8) is 0 Å². The second-order valence-electron chi connectivity index (χ2n) is 5.58. The topological polar surface area (TPSA) is 60.9 Å². The number of carbonyl (C=O) groups excluding carboxylic acids is 1. The van der Waals surface area contributed by atoms with E-state index in [1.165, 1.54) is 7.05 Å². The molecule has 1 heterocycles. The number of benzene rings is 2. The molecule has 26 heavy (non-hydrogen) atoms. The number of aromatic nitrogens is 2. The van der Waals surface area contributed by atoms with Crippen molar-refractivity contribution in [1.82, 2.24) is 9.78 Å². The Balaban J connectivity index is 2.35. The van der Waals surface area contributed by atoms with E-state index in [0.29, 0.717) is 21.7 Å². The first kappa shape index (κ1) is 18.0. The number of aryl methyl sites for hydroxylation is 1. The highest BCUT2D eigenvalue weighted by molar-refractivity contribution is 6.33. The van der Waals surface area contributed by atoms with E-state index in [4.69, 9.17) is 17.3 Å². The molecule has 8 heteroatoms. The molecule has 1 aromatic heterocycles. The smallest absolute Gasteiger partial charge is 0.365 e. The molecule has 4 nitrogen and oxygen atoms in total. The Bertz CT molecular complexity index is 996. The number of alkyl halides is 3. The van der Waals surface area contributed by atoms with Gasteiger partial charge in [0.05, 0.1) is 11.3 Å². The summed E-state index contributed by atoms with van der Waals surface area (Å²) < 4.78 is 40.9. The van der Waals surface area contributed by atoms with Gasteiger partial charge < -0.3 is 5.73 Å². The van der Waals surface area contributed by atoms with Crippen LogP contribution < -0.4 is 5.73 Å². The number of carbonyl (C=O) groups is 1. The van der Waals surface area contributed by atoms with Crippen LogP contribution in [0.5, 0.6) is 0 Å². The third-order valence-corrected chi connectivity index (χ3v) is 4.24. The maximum absolute atomic E-state index is 13.3. The third-order valence-electron chi connectivity index (χ3n) is 3.91. The Kier molecular flexibility index (Phi) is 4.50. The van der Waals surface area contributed by atoms with Crippen molar-refractivity contribution in [2.45, 2.75) is 6.18 Å². The Morgan fingerprint density at radius 3 is 2.12 bits per heavy atom.